The van der Waals surface area contributed by atoms with Gasteiger partial charge in [0.1, 0.15) is 0 Å². The predicted octanol–water partition coefficient (Wildman–Crippen LogP) is 1.90. The molecular formula is C13H24N2O. The third-order valence-corrected chi connectivity index (χ3v) is 4.26. The molecule has 1 unspecified atom stereocenters. The van der Waals surface area contributed by atoms with Crippen molar-refractivity contribution in [2.75, 3.05) is 6.54 Å². The quantitative estimate of drug-likeness (QED) is 0.739. The number of carbonyl (C=O) groups excluding carboxylic acids is 1. The van der Waals surface area contributed by atoms with Crippen LogP contribution in [0, 0.1) is 5.41 Å². The molecule has 0 aromatic rings. The minimum atomic E-state index is -0.233. The summed E-state index contributed by atoms with van der Waals surface area (Å²) in [6, 6.07) is 0.232. The van der Waals surface area contributed by atoms with Crippen molar-refractivity contribution in [1.29, 1.82) is 0 Å². The normalized spacial score (nSPS) is 31.8. The lowest BCUT2D eigenvalue weighted by Gasteiger charge is -2.42. The first kappa shape index (κ1) is 11.9. The number of rotatable bonds is 1. The molecule has 2 fully saturated rings. The molecule has 0 aromatic heterocycles. The summed E-state index contributed by atoms with van der Waals surface area (Å²) in [5.41, 5.74) is 6.31. The van der Waals surface area contributed by atoms with Gasteiger partial charge in [0.25, 0.3) is 0 Å². The molecule has 2 rings (SSSR count). The number of nitrogens with two attached hydrogens (primary N) is 1. The van der Waals surface area contributed by atoms with Crippen LogP contribution in [0.4, 0.5) is 0 Å². The van der Waals surface area contributed by atoms with Gasteiger partial charge in [0, 0.05) is 12.6 Å². The minimum Gasteiger partial charge on any atom is -0.338 e. The van der Waals surface area contributed by atoms with Crippen molar-refractivity contribution in [3.05, 3.63) is 0 Å². The van der Waals surface area contributed by atoms with Gasteiger partial charge in [0.05, 0.1) is 6.04 Å². The summed E-state index contributed by atoms with van der Waals surface area (Å²) in [6.45, 7) is 5.58. The summed E-state index contributed by atoms with van der Waals surface area (Å²) in [5, 5.41) is 0. The van der Waals surface area contributed by atoms with Crippen LogP contribution in [0.3, 0.4) is 0 Å². The Morgan fingerprint density at radius 1 is 1.25 bits per heavy atom. The van der Waals surface area contributed by atoms with Crippen LogP contribution in [0.5, 0.6) is 0 Å². The molecule has 0 spiro atoms. The minimum absolute atomic E-state index is 0.191. The third-order valence-electron chi connectivity index (χ3n) is 4.26. The lowest BCUT2D eigenvalue weighted by molar-refractivity contribution is -0.138. The van der Waals surface area contributed by atoms with E-state index in [0.717, 1.165) is 32.2 Å². The van der Waals surface area contributed by atoms with Gasteiger partial charge in [-0.05, 0) is 43.9 Å². The van der Waals surface area contributed by atoms with E-state index in [1.807, 2.05) is 0 Å². The van der Waals surface area contributed by atoms with Gasteiger partial charge in [-0.15, -0.1) is 0 Å². The predicted molar refractivity (Wildman–Crippen MR) is 65.0 cm³/mol. The van der Waals surface area contributed by atoms with Crippen molar-refractivity contribution in [1.82, 2.24) is 4.90 Å². The highest BCUT2D eigenvalue weighted by molar-refractivity contribution is 5.82. The molecule has 1 saturated carbocycles. The smallest absolute Gasteiger partial charge is 0.239 e. The Kier molecular flexibility index (Phi) is 3.24. The molecule has 1 heterocycles. The average Bonchev–Trinajstić information content (AvgIpc) is 2.23. The molecule has 1 aliphatic heterocycles. The van der Waals surface area contributed by atoms with Crippen LogP contribution in [0.2, 0.25) is 0 Å². The number of hydrogen-bond acceptors (Lipinski definition) is 2. The molecule has 1 saturated heterocycles. The topological polar surface area (TPSA) is 46.3 Å². The van der Waals surface area contributed by atoms with Crippen LogP contribution in [0.15, 0.2) is 0 Å². The fourth-order valence-corrected chi connectivity index (χ4v) is 2.99. The first-order chi connectivity index (χ1) is 7.49. The van der Waals surface area contributed by atoms with Gasteiger partial charge in [-0.1, -0.05) is 13.8 Å². The van der Waals surface area contributed by atoms with Crippen LogP contribution in [0.1, 0.15) is 52.4 Å². The van der Waals surface area contributed by atoms with Crippen LogP contribution in [0.25, 0.3) is 0 Å². The lowest BCUT2D eigenvalue weighted by Crippen LogP contribution is -2.53. The van der Waals surface area contributed by atoms with E-state index in [1.165, 1.54) is 12.8 Å². The Morgan fingerprint density at radius 2 is 1.88 bits per heavy atom. The van der Waals surface area contributed by atoms with Gasteiger partial charge in [0.15, 0.2) is 0 Å². The van der Waals surface area contributed by atoms with E-state index >= 15 is 0 Å². The monoisotopic (exact) mass is 224 g/mol. The Bertz CT molecular complexity index is 265. The van der Waals surface area contributed by atoms with Gasteiger partial charge in [-0.25, -0.2) is 0 Å². The zero-order chi connectivity index (χ0) is 11.8. The van der Waals surface area contributed by atoms with Crippen molar-refractivity contribution < 1.29 is 4.79 Å². The van der Waals surface area contributed by atoms with Gasteiger partial charge in [-0.3, -0.25) is 4.79 Å². The summed E-state index contributed by atoms with van der Waals surface area (Å²) in [5.74, 6) is 0.191. The molecule has 1 aliphatic carbocycles. The molecule has 16 heavy (non-hydrogen) atoms. The second kappa shape index (κ2) is 4.36. The highest BCUT2D eigenvalue weighted by atomic mass is 16.2. The van der Waals surface area contributed by atoms with E-state index in [2.05, 4.69) is 18.7 Å². The largest absolute Gasteiger partial charge is 0.338 e. The molecule has 92 valence electrons. The van der Waals surface area contributed by atoms with Crippen LogP contribution in [-0.4, -0.2) is 29.4 Å². The number of carbonyl (C=O) groups is 1. The van der Waals surface area contributed by atoms with E-state index in [0.29, 0.717) is 11.5 Å². The number of amides is 1. The summed E-state index contributed by atoms with van der Waals surface area (Å²) >= 11 is 0. The van der Waals surface area contributed by atoms with Crippen LogP contribution < -0.4 is 5.73 Å². The van der Waals surface area contributed by atoms with Gasteiger partial charge in [0.2, 0.25) is 5.91 Å². The highest BCUT2D eigenvalue weighted by Gasteiger charge is 2.35. The fraction of sp³-hybridized carbons (Fsp3) is 0.923. The van der Waals surface area contributed by atoms with Gasteiger partial charge in [-0.2, -0.15) is 0 Å². The molecule has 0 radical (unpaired) electrons. The molecule has 2 N–H and O–H groups in total. The highest BCUT2D eigenvalue weighted by Crippen LogP contribution is 2.37. The maximum absolute atomic E-state index is 12.0. The number of hydrogen-bond donors (Lipinski definition) is 1. The molecule has 3 heteroatoms. The van der Waals surface area contributed by atoms with Gasteiger partial charge >= 0.3 is 0 Å². The van der Waals surface area contributed by atoms with E-state index in [-0.39, 0.29) is 11.9 Å². The average molecular weight is 224 g/mol. The van der Waals surface area contributed by atoms with Crippen molar-refractivity contribution in [2.24, 2.45) is 11.1 Å². The van der Waals surface area contributed by atoms with Crippen molar-refractivity contribution >= 4 is 5.91 Å². The Hall–Kier alpha value is -0.570. The van der Waals surface area contributed by atoms with Crippen LogP contribution >= 0.6 is 0 Å². The first-order valence-corrected chi connectivity index (χ1v) is 6.56. The summed E-state index contributed by atoms with van der Waals surface area (Å²) in [4.78, 5) is 14.0. The molecular weight excluding hydrogens is 200 g/mol. The second-order valence-corrected chi connectivity index (χ2v) is 6.18. The molecule has 2 aliphatic rings. The van der Waals surface area contributed by atoms with Gasteiger partial charge < -0.3 is 10.6 Å². The van der Waals surface area contributed by atoms with E-state index in [4.69, 9.17) is 5.73 Å². The Balaban J connectivity index is 1.95. The summed E-state index contributed by atoms with van der Waals surface area (Å²) in [6.07, 6.45) is 6.73. The lowest BCUT2D eigenvalue weighted by atomic mass is 9.75. The standard InChI is InChI=1S/C13H24N2O/c1-13(2)7-5-10(6-8-13)15-9-3-4-11(14)12(15)16/h10-11H,3-9,14H2,1-2H3. The maximum atomic E-state index is 12.0. The molecule has 1 amide bonds. The number of likely N-dealkylation sites (tertiary alicyclic amines) is 1. The zero-order valence-electron chi connectivity index (χ0n) is 10.5. The molecule has 0 bridgehead atoms. The first-order valence-electron chi connectivity index (χ1n) is 6.56. The van der Waals surface area contributed by atoms with Crippen molar-refractivity contribution in [3.63, 3.8) is 0 Å². The van der Waals surface area contributed by atoms with Crippen molar-refractivity contribution in [3.8, 4) is 0 Å². The number of nitrogens with zero attached hydrogens (tertiary/aromatic N) is 1. The maximum Gasteiger partial charge on any atom is 0.239 e. The van der Waals surface area contributed by atoms with E-state index < -0.39 is 0 Å². The summed E-state index contributed by atoms with van der Waals surface area (Å²) < 4.78 is 0. The van der Waals surface area contributed by atoms with Crippen molar-refractivity contribution in [2.45, 2.75) is 64.5 Å². The zero-order valence-corrected chi connectivity index (χ0v) is 10.5. The second-order valence-electron chi connectivity index (χ2n) is 6.18. The molecule has 1 atom stereocenters. The number of piperidine rings is 1. The van der Waals surface area contributed by atoms with Crippen LogP contribution in [-0.2, 0) is 4.79 Å². The van der Waals surface area contributed by atoms with E-state index in [1.54, 1.807) is 0 Å². The Labute approximate surface area is 98.4 Å². The SMILES string of the molecule is CC1(C)CCC(N2CCCC(N)C2=O)CC1. The summed E-state index contributed by atoms with van der Waals surface area (Å²) in [7, 11) is 0. The Morgan fingerprint density at radius 3 is 2.50 bits per heavy atom. The molecule has 3 nitrogen and oxygen atoms in total. The van der Waals surface area contributed by atoms with E-state index in [9.17, 15) is 4.79 Å². The fourth-order valence-electron chi connectivity index (χ4n) is 2.99. The molecule has 0 aromatic carbocycles. The third kappa shape index (κ3) is 2.40.